The van der Waals surface area contributed by atoms with Gasteiger partial charge in [-0.15, -0.1) is 12.4 Å². The Kier molecular flexibility index (Phi) is 7.54. The molecule has 0 aliphatic heterocycles. The molecular formula is C20H23ClN4O3. The van der Waals surface area contributed by atoms with Crippen molar-refractivity contribution < 1.29 is 14.1 Å². The van der Waals surface area contributed by atoms with Crippen molar-refractivity contribution >= 4 is 18.3 Å². The topological polar surface area (TPSA) is 103 Å². The lowest BCUT2D eigenvalue weighted by Crippen LogP contribution is -2.32. The highest BCUT2D eigenvalue weighted by molar-refractivity contribution is 5.85. The number of methoxy groups -OCH3 is 1. The minimum Gasteiger partial charge on any atom is -0.496 e. The van der Waals surface area contributed by atoms with E-state index in [1.165, 1.54) is 0 Å². The number of carbonyl (C=O) groups is 1. The van der Waals surface area contributed by atoms with E-state index in [0.717, 1.165) is 11.1 Å². The predicted molar refractivity (Wildman–Crippen MR) is 107 cm³/mol. The fraction of sp³-hybridized carbons (Fsp3) is 0.250. The summed E-state index contributed by atoms with van der Waals surface area (Å²) in [4.78, 5) is 16.9. The van der Waals surface area contributed by atoms with Gasteiger partial charge >= 0.3 is 0 Å². The molecule has 0 aliphatic carbocycles. The lowest BCUT2D eigenvalue weighted by Gasteiger charge is -2.20. The van der Waals surface area contributed by atoms with Crippen LogP contribution in [-0.2, 0) is 4.79 Å². The third-order valence-electron chi connectivity index (χ3n) is 4.19. The van der Waals surface area contributed by atoms with Crippen LogP contribution < -0.4 is 15.8 Å². The van der Waals surface area contributed by atoms with Crippen LogP contribution >= 0.6 is 12.4 Å². The first-order valence-electron chi connectivity index (χ1n) is 8.61. The number of hydrogen-bond donors (Lipinski definition) is 2. The van der Waals surface area contributed by atoms with Gasteiger partial charge in [0.2, 0.25) is 11.8 Å². The van der Waals surface area contributed by atoms with Gasteiger partial charge in [0, 0.05) is 24.9 Å². The summed E-state index contributed by atoms with van der Waals surface area (Å²) in [7, 11) is 1.57. The van der Waals surface area contributed by atoms with Crippen molar-refractivity contribution in [2.75, 3.05) is 7.11 Å². The van der Waals surface area contributed by atoms with Crippen LogP contribution in [0.2, 0.25) is 0 Å². The van der Waals surface area contributed by atoms with Gasteiger partial charge in [0.1, 0.15) is 11.8 Å². The number of ether oxygens (including phenoxy) is 1. The number of carbonyl (C=O) groups excluding carboxylic acids is 1. The Morgan fingerprint density at radius 2 is 1.86 bits per heavy atom. The fourth-order valence-corrected chi connectivity index (χ4v) is 2.86. The highest BCUT2D eigenvalue weighted by Gasteiger charge is 2.25. The fourth-order valence-electron chi connectivity index (χ4n) is 2.86. The summed E-state index contributed by atoms with van der Waals surface area (Å²) in [5, 5.41) is 6.93. The smallest absolute Gasteiger partial charge is 0.223 e. The highest BCUT2D eigenvalue weighted by Crippen LogP contribution is 2.29. The number of nitrogens with one attached hydrogen (secondary N) is 1. The summed E-state index contributed by atoms with van der Waals surface area (Å²) in [6, 6.07) is 15.9. The van der Waals surface area contributed by atoms with Gasteiger partial charge in [0.05, 0.1) is 7.11 Å². The van der Waals surface area contributed by atoms with Crippen LogP contribution in [0.3, 0.4) is 0 Å². The summed E-state index contributed by atoms with van der Waals surface area (Å²) in [5.41, 5.74) is 7.81. The Balaban J connectivity index is 0.00000280. The van der Waals surface area contributed by atoms with Crippen LogP contribution in [0.15, 0.2) is 59.1 Å². The number of rotatable bonds is 7. The van der Waals surface area contributed by atoms with Gasteiger partial charge in [-0.25, -0.2) is 0 Å². The molecular weight excluding hydrogens is 380 g/mol. The number of para-hydroxylation sites is 1. The Morgan fingerprint density at radius 1 is 1.18 bits per heavy atom. The molecule has 0 saturated heterocycles. The summed E-state index contributed by atoms with van der Waals surface area (Å²) in [5.74, 6) is 1.18. The first kappa shape index (κ1) is 21.4. The molecule has 0 spiro atoms. The first-order chi connectivity index (χ1) is 13.1. The lowest BCUT2D eigenvalue weighted by atomic mass is 10.0. The molecule has 0 radical (unpaired) electrons. The molecule has 28 heavy (non-hydrogen) atoms. The molecule has 0 aliphatic rings. The van der Waals surface area contributed by atoms with Crippen molar-refractivity contribution in [2.45, 2.75) is 25.4 Å². The van der Waals surface area contributed by atoms with Crippen LogP contribution in [0.25, 0.3) is 0 Å². The Bertz CT molecular complexity index is 901. The van der Waals surface area contributed by atoms with E-state index >= 15 is 0 Å². The number of halogens is 1. The lowest BCUT2D eigenvalue weighted by molar-refractivity contribution is -0.122. The molecule has 1 amide bonds. The summed E-state index contributed by atoms with van der Waals surface area (Å²) in [6.45, 7) is 1.70. The number of hydrogen-bond acceptors (Lipinski definition) is 6. The van der Waals surface area contributed by atoms with Crippen molar-refractivity contribution in [3.63, 3.8) is 0 Å². The normalized spacial score (nSPS) is 12.5. The van der Waals surface area contributed by atoms with Crippen LogP contribution in [-0.4, -0.2) is 23.2 Å². The van der Waals surface area contributed by atoms with E-state index in [2.05, 4.69) is 15.5 Å². The van der Waals surface area contributed by atoms with Gasteiger partial charge in [-0.2, -0.15) is 4.98 Å². The van der Waals surface area contributed by atoms with E-state index in [4.69, 9.17) is 15.0 Å². The second kappa shape index (κ2) is 9.87. The van der Waals surface area contributed by atoms with Gasteiger partial charge in [-0.05, 0) is 11.6 Å². The molecule has 148 valence electrons. The zero-order valence-electron chi connectivity index (χ0n) is 15.7. The van der Waals surface area contributed by atoms with Gasteiger partial charge < -0.3 is 20.3 Å². The van der Waals surface area contributed by atoms with Crippen molar-refractivity contribution in [1.82, 2.24) is 15.5 Å². The number of benzene rings is 2. The average molecular weight is 403 g/mol. The molecule has 1 heterocycles. The second-order valence-corrected chi connectivity index (χ2v) is 6.14. The quantitative estimate of drug-likeness (QED) is 0.629. The van der Waals surface area contributed by atoms with Gasteiger partial charge in [-0.3, -0.25) is 4.79 Å². The molecule has 2 unspecified atom stereocenters. The zero-order chi connectivity index (χ0) is 19.2. The molecule has 7 nitrogen and oxygen atoms in total. The maximum Gasteiger partial charge on any atom is 0.223 e. The van der Waals surface area contributed by atoms with Crippen LogP contribution in [0, 0.1) is 6.92 Å². The van der Waals surface area contributed by atoms with Crippen molar-refractivity contribution in [2.24, 2.45) is 5.73 Å². The number of nitrogens with zero attached hydrogens (tertiary/aromatic N) is 2. The minimum atomic E-state index is -0.603. The third kappa shape index (κ3) is 5.09. The van der Waals surface area contributed by atoms with Crippen LogP contribution in [0.1, 0.15) is 41.3 Å². The molecule has 0 bridgehead atoms. The summed E-state index contributed by atoms with van der Waals surface area (Å²) < 4.78 is 10.5. The van der Waals surface area contributed by atoms with Crippen LogP contribution in [0.4, 0.5) is 0 Å². The van der Waals surface area contributed by atoms with Gasteiger partial charge in [-0.1, -0.05) is 53.7 Å². The van der Waals surface area contributed by atoms with Gasteiger partial charge in [0.15, 0.2) is 5.82 Å². The maximum absolute atomic E-state index is 12.7. The average Bonchev–Trinajstić information content (AvgIpc) is 3.13. The molecule has 8 heteroatoms. The SMILES string of the molecule is COc1ccccc1C(NC(=O)CC(N)c1ccccc1)c1noc(C)n1.Cl. The first-order valence-corrected chi connectivity index (χ1v) is 8.61. The van der Waals surface area contributed by atoms with E-state index in [-0.39, 0.29) is 24.7 Å². The number of amides is 1. The second-order valence-electron chi connectivity index (χ2n) is 6.14. The Hall–Kier alpha value is -2.90. The Morgan fingerprint density at radius 3 is 2.50 bits per heavy atom. The van der Waals surface area contributed by atoms with Crippen LogP contribution in [0.5, 0.6) is 5.75 Å². The van der Waals surface area contributed by atoms with E-state index in [1.807, 2.05) is 54.6 Å². The number of nitrogens with two attached hydrogens (primary N) is 1. The minimum absolute atomic E-state index is 0. The molecule has 3 aromatic rings. The standard InChI is InChI=1S/C20H22N4O3.ClH/c1-13-22-20(24-27-13)19(15-10-6-7-11-17(15)26-2)23-18(25)12-16(21)14-8-4-3-5-9-14;/h3-11,16,19H,12,21H2,1-2H3,(H,23,25);1H. The van der Waals surface area contributed by atoms with E-state index < -0.39 is 12.1 Å². The molecule has 2 aromatic carbocycles. The molecule has 1 aromatic heterocycles. The Labute approximate surface area is 169 Å². The largest absolute Gasteiger partial charge is 0.496 e. The molecule has 2 atom stereocenters. The summed E-state index contributed by atoms with van der Waals surface area (Å²) >= 11 is 0. The van der Waals surface area contributed by atoms with Crippen molar-refractivity contribution in [1.29, 1.82) is 0 Å². The molecule has 3 rings (SSSR count). The summed E-state index contributed by atoms with van der Waals surface area (Å²) in [6.07, 6.45) is 0.131. The zero-order valence-corrected chi connectivity index (χ0v) is 16.5. The van der Waals surface area contributed by atoms with Gasteiger partial charge in [0.25, 0.3) is 0 Å². The predicted octanol–water partition coefficient (Wildman–Crippen LogP) is 3.10. The molecule has 0 fully saturated rings. The maximum atomic E-state index is 12.7. The van der Waals surface area contributed by atoms with E-state index in [0.29, 0.717) is 17.5 Å². The van der Waals surface area contributed by atoms with E-state index in [1.54, 1.807) is 14.0 Å². The third-order valence-corrected chi connectivity index (χ3v) is 4.19. The monoisotopic (exact) mass is 402 g/mol. The molecule has 0 saturated carbocycles. The van der Waals surface area contributed by atoms with Crippen molar-refractivity contribution in [3.8, 4) is 5.75 Å². The number of aryl methyl sites for hydroxylation is 1. The van der Waals surface area contributed by atoms with Crippen molar-refractivity contribution in [3.05, 3.63) is 77.4 Å². The highest BCUT2D eigenvalue weighted by atomic mass is 35.5. The number of aromatic nitrogens is 2. The van der Waals surface area contributed by atoms with E-state index in [9.17, 15) is 4.79 Å². The molecule has 3 N–H and O–H groups in total.